The summed E-state index contributed by atoms with van der Waals surface area (Å²) < 4.78 is 39.0. The average molecular weight is 433 g/mol. The first-order chi connectivity index (χ1) is 14.8. The van der Waals surface area contributed by atoms with E-state index in [2.05, 4.69) is 14.9 Å². The van der Waals surface area contributed by atoms with Gasteiger partial charge in [-0.1, -0.05) is 6.07 Å². The first kappa shape index (κ1) is 21.4. The highest BCUT2D eigenvalue weighted by Gasteiger charge is 2.33. The Balaban J connectivity index is 1.36. The number of nitrogens with zero attached hydrogens (tertiary/aromatic N) is 5. The number of piperidine rings is 1. The number of alkyl halides is 3. The van der Waals surface area contributed by atoms with Crippen LogP contribution in [0.15, 0.2) is 36.5 Å². The van der Waals surface area contributed by atoms with Gasteiger partial charge in [0, 0.05) is 56.8 Å². The summed E-state index contributed by atoms with van der Waals surface area (Å²) in [5, 5.41) is 0. The number of halogens is 3. The number of carbonyl (C=O) groups excluding carboxylic acids is 1. The van der Waals surface area contributed by atoms with E-state index in [1.807, 2.05) is 22.8 Å². The summed E-state index contributed by atoms with van der Waals surface area (Å²) in [5.74, 6) is 0.658. The fourth-order valence-corrected chi connectivity index (χ4v) is 4.27. The van der Waals surface area contributed by atoms with Crippen LogP contribution in [0, 0.1) is 12.8 Å². The van der Waals surface area contributed by atoms with Gasteiger partial charge >= 0.3 is 6.18 Å². The number of hydrogen-bond donors (Lipinski definition) is 0. The van der Waals surface area contributed by atoms with E-state index in [1.54, 1.807) is 12.3 Å². The average Bonchev–Trinajstić information content (AvgIpc) is 2.78. The summed E-state index contributed by atoms with van der Waals surface area (Å²) in [4.78, 5) is 27.8. The number of aryl methyl sites for hydroxylation is 1. The lowest BCUT2D eigenvalue weighted by Crippen LogP contribution is -2.52. The summed E-state index contributed by atoms with van der Waals surface area (Å²) in [6, 6.07) is 7.22. The van der Waals surface area contributed by atoms with E-state index in [0.717, 1.165) is 31.1 Å². The molecule has 6 nitrogen and oxygen atoms in total. The third-order valence-electron chi connectivity index (χ3n) is 5.97. The number of rotatable bonds is 3. The molecule has 9 heteroatoms. The third kappa shape index (κ3) is 4.91. The quantitative estimate of drug-likeness (QED) is 0.743. The Labute approximate surface area is 179 Å². The van der Waals surface area contributed by atoms with Crippen LogP contribution in [-0.2, 0) is 11.0 Å². The first-order valence-corrected chi connectivity index (χ1v) is 10.6. The number of amides is 1. The van der Waals surface area contributed by atoms with Gasteiger partial charge in [0.05, 0.1) is 11.5 Å². The van der Waals surface area contributed by atoms with Gasteiger partial charge in [-0.05, 0) is 44.0 Å². The van der Waals surface area contributed by atoms with E-state index in [9.17, 15) is 18.0 Å². The van der Waals surface area contributed by atoms with Crippen LogP contribution in [-0.4, -0.2) is 60.0 Å². The Bertz CT molecular complexity index is 927. The molecule has 1 atom stereocenters. The van der Waals surface area contributed by atoms with Gasteiger partial charge in [-0.15, -0.1) is 0 Å². The zero-order chi connectivity index (χ0) is 22.0. The molecule has 1 aromatic carbocycles. The summed E-state index contributed by atoms with van der Waals surface area (Å²) in [5.41, 5.74) is 0.788. The van der Waals surface area contributed by atoms with Crippen molar-refractivity contribution in [2.24, 2.45) is 5.92 Å². The lowest BCUT2D eigenvalue weighted by atomic mass is 9.96. The Hall–Kier alpha value is -2.84. The molecule has 2 aliphatic rings. The molecule has 3 heterocycles. The first-order valence-electron chi connectivity index (χ1n) is 10.6. The fourth-order valence-electron chi connectivity index (χ4n) is 4.27. The van der Waals surface area contributed by atoms with Gasteiger partial charge in [0.15, 0.2) is 0 Å². The molecule has 2 aromatic rings. The van der Waals surface area contributed by atoms with Crippen molar-refractivity contribution in [2.45, 2.75) is 25.9 Å². The Morgan fingerprint density at radius 2 is 1.84 bits per heavy atom. The molecule has 0 aliphatic carbocycles. The van der Waals surface area contributed by atoms with Crippen molar-refractivity contribution < 1.29 is 18.0 Å². The highest BCUT2D eigenvalue weighted by Crippen LogP contribution is 2.32. The van der Waals surface area contributed by atoms with Gasteiger partial charge in [0.1, 0.15) is 0 Å². The predicted octanol–water partition coefficient (Wildman–Crippen LogP) is 3.37. The summed E-state index contributed by atoms with van der Waals surface area (Å²) in [7, 11) is 0. The number of piperazine rings is 1. The highest BCUT2D eigenvalue weighted by atomic mass is 19.4. The van der Waals surface area contributed by atoms with Crippen molar-refractivity contribution in [3.05, 3.63) is 47.8 Å². The van der Waals surface area contributed by atoms with Crippen molar-refractivity contribution in [1.29, 1.82) is 0 Å². The van der Waals surface area contributed by atoms with Crippen molar-refractivity contribution in [1.82, 2.24) is 14.9 Å². The molecular weight excluding hydrogens is 407 g/mol. The largest absolute Gasteiger partial charge is 0.416 e. The van der Waals surface area contributed by atoms with Crippen LogP contribution >= 0.6 is 0 Å². The fraction of sp³-hybridized carbons (Fsp3) is 0.500. The second-order valence-electron chi connectivity index (χ2n) is 8.14. The Morgan fingerprint density at radius 1 is 1.06 bits per heavy atom. The molecule has 2 saturated heterocycles. The molecule has 4 rings (SSSR count). The predicted molar refractivity (Wildman–Crippen MR) is 112 cm³/mol. The number of aromatic nitrogens is 2. The summed E-state index contributed by atoms with van der Waals surface area (Å²) in [6.07, 6.45) is -0.898. The molecule has 1 aromatic heterocycles. The lowest BCUT2D eigenvalue weighted by Gasteiger charge is -2.39. The Morgan fingerprint density at radius 3 is 2.55 bits per heavy atom. The smallest absolute Gasteiger partial charge is 0.368 e. The molecule has 2 aliphatic heterocycles. The van der Waals surface area contributed by atoms with Gasteiger partial charge < -0.3 is 14.7 Å². The maximum absolute atomic E-state index is 13.1. The molecule has 0 saturated carbocycles. The van der Waals surface area contributed by atoms with Crippen LogP contribution in [0.4, 0.5) is 24.8 Å². The van der Waals surface area contributed by atoms with Gasteiger partial charge in [-0.3, -0.25) is 4.79 Å². The molecule has 1 amide bonds. The van der Waals surface area contributed by atoms with E-state index in [1.165, 1.54) is 12.1 Å². The molecule has 2 fully saturated rings. The van der Waals surface area contributed by atoms with Crippen molar-refractivity contribution in [2.75, 3.05) is 49.1 Å². The zero-order valence-corrected chi connectivity index (χ0v) is 17.5. The minimum atomic E-state index is -4.36. The van der Waals surface area contributed by atoms with Gasteiger partial charge in [0.2, 0.25) is 11.9 Å². The maximum Gasteiger partial charge on any atom is 0.416 e. The van der Waals surface area contributed by atoms with Crippen LogP contribution in [0.25, 0.3) is 0 Å². The maximum atomic E-state index is 13.1. The number of carbonyl (C=O) groups is 1. The van der Waals surface area contributed by atoms with Crippen molar-refractivity contribution in [3.8, 4) is 0 Å². The van der Waals surface area contributed by atoms with Crippen molar-refractivity contribution in [3.63, 3.8) is 0 Å². The standard InChI is InChI=1S/C22H26F3N5O/c1-16-7-8-26-21(27-16)30-9-3-4-17(15-30)20(31)29-12-10-28(11-13-29)19-6-2-5-18(14-19)22(23,24)25/h2,5-8,14,17H,3-4,9-13,15H2,1H3. The second kappa shape index (κ2) is 8.72. The third-order valence-corrected chi connectivity index (χ3v) is 5.97. The SMILES string of the molecule is Cc1ccnc(N2CCCC(C(=O)N3CCN(c4cccc(C(F)(F)F)c4)CC3)C2)n1. The highest BCUT2D eigenvalue weighted by molar-refractivity contribution is 5.80. The van der Waals surface area contributed by atoms with Crippen LogP contribution < -0.4 is 9.80 Å². The number of hydrogen-bond acceptors (Lipinski definition) is 5. The van der Waals surface area contributed by atoms with Gasteiger partial charge in [0.25, 0.3) is 0 Å². The molecule has 0 bridgehead atoms. The summed E-state index contributed by atoms with van der Waals surface area (Å²) >= 11 is 0. The minimum absolute atomic E-state index is 0.112. The molecule has 0 N–H and O–H groups in total. The topological polar surface area (TPSA) is 52.6 Å². The van der Waals surface area contributed by atoms with E-state index in [0.29, 0.717) is 44.4 Å². The molecule has 166 valence electrons. The van der Waals surface area contributed by atoms with Crippen LogP contribution in [0.5, 0.6) is 0 Å². The molecule has 31 heavy (non-hydrogen) atoms. The van der Waals surface area contributed by atoms with Gasteiger partial charge in [-0.25, -0.2) is 9.97 Å². The van der Waals surface area contributed by atoms with Crippen LogP contribution in [0.1, 0.15) is 24.1 Å². The molecular formula is C22H26F3N5O. The van der Waals surface area contributed by atoms with E-state index >= 15 is 0 Å². The van der Waals surface area contributed by atoms with E-state index < -0.39 is 11.7 Å². The van der Waals surface area contributed by atoms with Crippen LogP contribution in [0.2, 0.25) is 0 Å². The molecule has 0 radical (unpaired) electrons. The van der Waals surface area contributed by atoms with Crippen molar-refractivity contribution >= 4 is 17.5 Å². The lowest BCUT2D eigenvalue weighted by molar-refractivity contribution is -0.137. The normalized spacial score (nSPS) is 20.1. The van der Waals surface area contributed by atoms with Gasteiger partial charge in [-0.2, -0.15) is 13.2 Å². The number of anilines is 2. The summed E-state index contributed by atoms with van der Waals surface area (Å²) in [6.45, 7) is 5.39. The zero-order valence-electron chi connectivity index (χ0n) is 17.5. The van der Waals surface area contributed by atoms with E-state index in [-0.39, 0.29) is 11.8 Å². The number of benzene rings is 1. The molecule has 0 spiro atoms. The monoisotopic (exact) mass is 433 g/mol. The minimum Gasteiger partial charge on any atom is -0.368 e. The second-order valence-corrected chi connectivity index (χ2v) is 8.14. The van der Waals surface area contributed by atoms with Crippen LogP contribution in [0.3, 0.4) is 0 Å². The van der Waals surface area contributed by atoms with E-state index in [4.69, 9.17) is 0 Å². The Kier molecular flexibility index (Phi) is 6.02. The molecule has 1 unspecified atom stereocenters.